The Morgan fingerprint density at radius 3 is 2.50 bits per heavy atom. The van der Waals surface area contributed by atoms with Gasteiger partial charge < -0.3 is 10.6 Å². The molecule has 0 atom stereocenters. The summed E-state index contributed by atoms with van der Waals surface area (Å²) in [6.07, 6.45) is 0.997. The third-order valence-electron chi connectivity index (χ3n) is 3.14. The second kappa shape index (κ2) is 6.62. The van der Waals surface area contributed by atoms with Crippen LogP contribution in [-0.4, -0.2) is 6.54 Å². The smallest absolute Gasteiger partial charge is 0.142 e. The second-order valence-electron chi connectivity index (χ2n) is 4.73. The van der Waals surface area contributed by atoms with Gasteiger partial charge in [-0.2, -0.15) is 0 Å². The van der Waals surface area contributed by atoms with Crippen molar-refractivity contribution < 1.29 is 4.39 Å². The minimum Gasteiger partial charge on any atom is -0.399 e. The van der Waals surface area contributed by atoms with Gasteiger partial charge >= 0.3 is 0 Å². The molecule has 2 rings (SSSR count). The molecule has 2 aromatic carbocycles. The van der Waals surface area contributed by atoms with Gasteiger partial charge in [-0.1, -0.05) is 30.7 Å². The molecule has 0 fully saturated rings. The first-order chi connectivity index (χ1) is 9.61. The van der Waals surface area contributed by atoms with Crippen molar-refractivity contribution in [3.8, 4) is 0 Å². The van der Waals surface area contributed by atoms with Gasteiger partial charge in [0.05, 0.1) is 5.02 Å². The molecule has 0 heterocycles. The minimum atomic E-state index is -0.377. The van der Waals surface area contributed by atoms with Crippen molar-refractivity contribution in [3.05, 3.63) is 58.9 Å². The highest BCUT2D eigenvalue weighted by molar-refractivity contribution is 6.31. The van der Waals surface area contributed by atoms with Crippen molar-refractivity contribution in [3.63, 3.8) is 0 Å². The Bertz CT molecular complexity index is 569. The summed E-state index contributed by atoms with van der Waals surface area (Å²) >= 11 is 6.03. The van der Waals surface area contributed by atoms with Crippen LogP contribution in [0, 0.1) is 5.82 Å². The summed E-state index contributed by atoms with van der Waals surface area (Å²) < 4.78 is 13.5. The normalized spacial score (nSPS) is 10.6. The number of nitrogens with two attached hydrogens (primary N) is 1. The maximum Gasteiger partial charge on any atom is 0.142 e. The first-order valence-corrected chi connectivity index (χ1v) is 7.03. The Labute approximate surface area is 124 Å². The van der Waals surface area contributed by atoms with Crippen LogP contribution in [0.2, 0.25) is 5.02 Å². The van der Waals surface area contributed by atoms with Gasteiger partial charge in [-0.05, 0) is 42.3 Å². The number of nitrogens with zero attached hydrogens (tertiary/aromatic N) is 1. The fourth-order valence-electron chi connectivity index (χ4n) is 2.13. The summed E-state index contributed by atoms with van der Waals surface area (Å²) in [6, 6.07) is 12.6. The van der Waals surface area contributed by atoms with Crippen molar-refractivity contribution >= 4 is 23.0 Å². The first-order valence-electron chi connectivity index (χ1n) is 6.65. The monoisotopic (exact) mass is 292 g/mol. The van der Waals surface area contributed by atoms with Gasteiger partial charge in [-0.25, -0.2) is 4.39 Å². The molecule has 0 aliphatic heterocycles. The van der Waals surface area contributed by atoms with E-state index in [9.17, 15) is 4.39 Å². The van der Waals surface area contributed by atoms with Gasteiger partial charge in [0.2, 0.25) is 0 Å². The molecular weight excluding hydrogens is 275 g/mol. The lowest BCUT2D eigenvalue weighted by Gasteiger charge is -2.25. The maximum atomic E-state index is 13.5. The number of rotatable bonds is 5. The summed E-state index contributed by atoms with van der Waals surface area (Å²) in [5.41, 5.74) is 8.28. The van der Waals surface area contributed by atoms with Crippen molar-refractivity contribution in [1.82, 2.24) is 0 Å². The Hall–Kier alpha value is -1.74. The zero-order chi connectivity index (χ0) is 14.5. The fraction of sp³-hybridized carbons (Fsp3) is 0.250. The summed E-state index contributed by atoms with van der Waals surface area (Å²) in [7, 11) is 0. The number of hydrogen-bond acceptors (Lipinski definition) is 2. The van der Waals surface area contributed by atoms with Gasteiger partial charge in [0, 0.05) is 24.5 Å². The Kier molecular flexibility index (Phi) is 4.85. The highest BCUT2D eigenvalue weighted by Crippen LogP contribution is 2.24. The third-order valence-corrected chi connectivity index (χ3v) is 3.57. The first kappa shape index (κ1) is 14.7. The summed E-state index contributed by atoms with van der Waals surface area (Å²) in [5.74, 6) is -0.377. The molecule has 0 unspecified atom stereocenters. The van der Waals surface area contributed by atoms with Crippen LogP contribution >= 0.6 is 11.6 Å². The zero-order valence-electron chi connectivity index (χ0n) is 11.4. The predicted molar refractivity (Wildman–Crippen MR) is 83.6 cm³/mol. The molecule has 0 radical (unpaired) electrons. The maximum absolute atomic E-state index is 13.5. The molecule has 2 N–H and O–H groups in total. The van der Waals surface area contributed by atoms with E-state index in [1.54, 1.807) is 6.07 Å². The molecule has 106 valence electrons. The topological polar surface area (TPSA) is 29.3 Å². The van der Waals surface area contributed by atoms with Gasteiger partial charge in [0.15, 0.2) is 0 Å². The Morgan fingerprint density at radius 1 is 1.15 bits per heavy atom. The Balaban J connectivity index is 2.25. The van der Waals surface area contributed by atoms with E-state index in [-0.39, 0.29) is 10.8 Å². The van der Waals surface area contributed by atoms with Gasteiger partial charge in [0.1, 0.15) is 5.82 Å². The lowest BCUT2D eigenvalue weighted by molar-refractivity contribution is 0.624. The van der Waals surface area contributed by atoms with Crippen LogP contribution in [0.3, 0.4) is 0 Å². The van der Waals surface area contributed by atoms with Gasteiger partial charge in [-0.15, -0.1) is 0 Å². The number of hydrogen-bond donors (Lipinski definition) is 1. The van der Waals surface area contributed by atoms with E-state index < -0.39 is 0 Å². The molecule has 0 bridgehead atoms. The van der Waals surface area contributed by atoms with Crippen LogP contribution in [-0.2, 0) is 6.54 Å². The minimum absolute atomic E-state index is 0.198. The average molecular weight is 293 g/mol. The number of halogens is 2. The van der Waals surface area contributed by atoms with Crippen LogP contribution in [0.25, 0.3) is 0 Å². The van der Waals surface area contributed by atoms with Crippen LogP contribution in [0.1, 0.15) is 18.9 Å². The summed E-state index contributed by atoms with van der Waals surface area (Å²) in [5, 5.41) is 0.198. The standard InChI is InChI=1S/C16H18ClFN2/c1-2-10-20(14-8-6-13(19)7-9-14)11-12-4-3-5-15(18)16(12)17/h3-9H,2,10-11,19H2,1H3. The molecule has 0 aromatic heterocycles. The molecule has 20 heavy (non-hydrogen) atoms. The van der Waals surface area contributed by atoms with Gasteiger partial charge in [-0.3, -0.25) is 0 Å². The number of nitrogen functional groups attached to an aromatic ring is 1. The van der Waals surface area contributed by atoms with E-state index >= 15 is 0 Å². The van der Waals surface area contributed by atoms with E-state index in [4.69, 9.17) is 17.3 Å². The largest absolute Gasteiger partial charge is 0.399 e. The Morgan fingerprint density at radius 2 is 1.85 bits per heavy atom. The molecule has 2 nitrogen and oxygen atoms in total. The molecule has 0 saturated heterocycles. The molecule has 0 spiro atoms. The van der Waals surface area contributed by atoms with Crippen LogP contribution < -0.4 is 10.6 Å². The van der Waals surface area contributed by atoms with Crippen molar-refractivity contribution in [2.45, 2.75) is 19.9 Å². The highest BCUT2D eigenvalue weighted by Gasteiger charge is 2.11. The SMILES string of the molecule is CCCN(Cc1cccc(F)c1Cl)c1ccc(N)cc1. The third kappa shape index (κ3) is 3.42. The van der Waals surface area contributed by atoms with E-state index in [0.717, 1.165) is 29.9 Å². The molecule has 4 heteroatoms. The van der Waals surface area contributed by atoms with E-state index in [0.29, 0.717) is 6.54 Å². The molecule has 0 saturated carbocycles. The fourth-order valence-corrected chi connectivity index (χ4v) is 2.32. The molecule has 0 aliphatic rings. The zero-order valence-corrected chi connectivity index (χ0v) is 12.2. The number of anilines is 2. The second-order valence-corrected chi connectivity index (χ2v) is 5.10. The van der Waals surface area contributed by atoms with E-state index in [1.807, 2.05) is 30.3 Å². The average Bonchev–Trinajstić information content (AvgIpc) is 2.44. The van der Waals surface area contributed by atoms with Crippen LogP contribution in [0.5, 0.6) is 0 Å². The van der Waals surface area contributed by atoms with E-state index in [2.05, 4.69) is 11.8 Å². The van der Waals surface area contributed by atoms with Crippen LogP contribution in [0.15, 0.2) is 42.5 Å². The quantitative estimate of drug-likeness (QED) is 0.823. The van der Waals surface area contributed by atoms with Crippen molar-refractivity contribution in [2.75, 3.05) is 17.2 Å². The summed E-state index contributed by atoms with van der Waals surface area (Å²) in [4.78, 5) is 2.17. The van der Waals surface area contributed by atoms with Gasteiger partial charge in [0.25, 0.3) is 0 Å². The molecule has 0 aliphatic carbocycles. The van der Waals surface area contributed by atoms with Crippen molar-refractivity contribution in [2.24, 2.45) is 0 Å². The molecule has 2 aromatic rings. The van der Waals surface area contributed by atoms with Crippen molar-refractivity contribution in [1.29, 1.82) is 0 Å². The van der Waals surface area contributed by atoms with E-state index in [1.165, 1.54) is 6.07 Å². The highest BCUT2D eigenvalue weighted by atomic mass is 35.5. The lowest BCUT2D eigenvalue weighted by atomic mass is 10.1. The number of benzene rings is 2. The van der Waals surface area contributed by atoms with Crippen LogP contribution in [0.4, 0.5) is 15.8 Å². The predicted octanol–water partition coefficient (Wildman–Crippen LogP) is 4.48. The molecular formula is C16H18ClFN2. The summed E-state index contributed by atoms with van der Waals surface area (Å²) in [6.45, 7) is 3.56. The lowest BCUT2D eigenvalue weighted by Crippen LogP contribution is -2.23. The molecule has 0 amide bonds.